The Morgan fingerprint density at radius 1 is 1.32 bits per heavy atom. The van der Waals surface area contributed by atoms with Crippen LogP contribution in [-0.4, -0.2) is 18.1 Å². The molecule has 6 heteroatoms. The number of methoxy groups -OCH3 is 1. The molecule has 0 spiro atoms. The first-order chi connectivity index (χ1) is 10.6. The third kappa shape index (κ3) is 2.63. The van der Waals surface area contributed by atoms with Crippen molar-refractivity contribution in [3.8, 4) is 11.5 Å². The number of oxazole rings is 1. The summed E-state index contributed by atoms with van der Waals surface area (Å²) in [5, 5.41) is 0. The highest BCUT2D eigenvalue weighted by Crippen LogP contribution is 2.27. The van der Waals surface area contributed by atoms with Crippen molar-refractivity contribution in [3.63, 3.8) is 0 Å². The molecule has 2 aromatic carbocycles. The zero-order valence-electron chi connectivity index (χ0n) is 11.8. The van der Waals surface area contributed by atoms with E-state index in [2.05, 4.69) is 9.72 Å². The maximum atomic E-state index is 13.5. The van der Waals surface area contributed by atoms with Crippen molar-refractivity contribution in [1.82, 2.24) is 4.98 Å². The number of rotatable bonds is 3. The Morgan fingerprint density at radius 3 is 2.86 bits per heavy atom. The Morgan fingerprint density at radius 2 is 2.14 bits per heavy atom. The van der Waals surface area contributed by atoms with Crippen molar-refractivity contribution in [2.24, 2.45) is 0 Å². The minimum atomic E-state index is -0.522. The molecule has 0 radical (unpaired) electrons. The van der Waals surface area contributed by atoms with Crippen LogP contribution in [0.15, 0.2) is 40.8 Å². The number of benzene rings is 2. The van der Waals surface area contributed by atoms with Gasteiger partial charge in [0.25, 0.3) is 0 Å². The molecule has 3 rings (SSSR count). The fourth-order valence-corrected chi connectivity index (χ4v) is 2.11. The number of carbonyl (C=O) groups is 1. The van der Waals surface area contributed by atoms with Crippen molar-refractivity contribution in [1.29, 1.82) is 0 Å². The van der Waals surface area contributed by atoms with Crippen LogP contribution in [0.1, 0.15) is 5.56 Å². The number of esters is 1. The van der Waals surface area contributed by atoms with E-state index in [4.69, 9.17) is 10.2 Å². The van der Waals surface area contributed by atoms with Gasteiger partial charge in [0.15, 0.2) is 5.58 Å². The smallest absolute Gasteiger partial charge is 0.309 e. The molecule has 3 aromatic rings. The van der Waals surface area contributed by atoms with Gasteiger partial charge >= 0.3 is 5.97 Å². The molecule has 2 N–H and O–H groups in total. The van der Waals surface area contributed by atoms with Crippen LogP contribution >= 0.6 is 0 Å². The van der Waals surface area contributed by atoms with Gasteiger partial charge in [-0.2, -0.15) is 0 Å². The zero-order valence-corrected chi connectivity index (χ0v) is 11.8. The van der Waals surface area contributed by atoms with Crippen LogP contribution in [0.2, 0.25) is 0 Å². The number of carbonyl (C=O) groups excluding carboxylic acids is 1. The van der Waals surface area contributed by atoms with Crippen LogP contribution in [0, 0.1) is 5.82 Å². The number of nitrogens with zero attached hydrogens (tertiary/aromatic N) is 1. The van der Waals surface area contributed by atoms with Crippen molar-refractivity contribution < 1.29 is 18.3 Å². The summed E-state index contributed by atoms with van der Waals surface area (Å²) >= 11 is 0. The normalized spacial score (nSPS) is 10.8. The van der Waals surface area contributed by atoms with Gasteiger partial charge < -0.3 is 14.9 Å². The van der Waals surface area contributed by atoms with Gasteiger partial charge in [0.1, 0.15) is 11.3 Å². The number of halogens is 1. The lowest BCUT2D eigenvalue weighted by atomic mass is 10.1. The fraction of sp³-hybridized carbons (Fsp3) is 0.125. The van der Waals surface area contributed by atoms with Gasteiger partial charge in [0.05, 0.1) is 19.2 Å². The van der Waals surface area contributed by atoms with Crippen LogP contribution in [-0.2, 0) is 16.0 Å². The summed E-state index contributed by atoms with van der Waals surface area (Å²) in [5.74, 6) is -0.557. The summed E-state index contributed by atoms with van der Waals surface area (Å²) in [6, 6.07) is 9.60. The standard InChI is InChI=1S/C16H13FN2O3/c1-21-15(20)7-9-2-5-14-13(6-9)19-16(22-14)10-3-4-12(18)11(17)8-10/h2-6,8H,7,18H2,1H3. The van der Waals surface area contributed by atoms with Crippen LogP contribution in [0.3, 0.4) is 0 Å². The third-order valence-electron chi connectivity index (χ3n) is 3.28. The Bertz CT molecular complexity index is 858. The summed E-state index contributed by atoms with van der Waals surface area (Å²) in [7, 11) is 1.34. The molecule has 22 heavy (non-hydrogen) atoms. The molecular formula is C16H13FN2O3. The second kappa shape index (κ2) is 5.48. The van der Waals surface area contributed by atoms with E-state index in [1.165, 1.54) is 19.2 Å². The maximum Gasteiger partial charge on any atom is 0.309 e. The van der Waals surface area contributed by atoms with E-state index in [0.29, 0.717) is 22.6 Å². The van der Waals surface area contributed by atoms with Crippen LogP contribution in [0.5, 0.6) is 0 Å². The zero-order chi connectivity index (χ0) is 15.7. The lowest BCUT2D eigenvalue weighted by Gasteiger charge is -1.98. The van der Waals surface area contributed by atoms with E-state index in [0.717, 1.165) is 5.56 Å². The van der Waals surface area contributed by atoms with Crippen LogP contribution < -0.4 is 5.73 Å². The van der Waals surface area contributed by atoms with Crippen LogP contribution in [0.4, 0.5) is 10.1 Å². The van der Waals surface area contributed by atoms with Crippen LogP contribution in [0.25, 0.3) is 22.6 Å². The van der Waals surface area contributed by atoms with Gasteiger partial charge in [-0.05, 0) is 35.9 Å². The minimum Gasteiger partial charge on any atom is -0.469 e. The number of fused-ring (bicyclic) bond motifs is 1. The molecule has 0 unspecified atom stereocenters. The molecular weight excluding hydrogens is 287 g/mol. The molecule has 0 saturated carbocycles. The number of nitrogens with two attached hydrogens (primary N) is 1. The first-order valence-electron chi connectivity index (χ1n) is 6.58. The van der Waals surface area contributed by atoms with Crippen molar-refractivity contribution in [2.75, 3.05) is 12.8 Å². The lowest BCUT2D eigenvalue weighted by Crippen LogP contribution is -2.04. The van der Waals surface area contributed by atoms with E-state index >= 15 is 0 Å². The molecule has 0 fully saturated rings. The molecule has 112 valence electrons. The molecule has 0 bridgehead atoms. The van der Waals surface area contributed by atoms with Gasteiger partial charge in [-0.15, -0.1) is 0 Å². The van der Waals surface area contributed by atoms with Gasteiger partial charge in [-0.3, -0.25) is 4.79 Å². The number of aromatic nitrogens is 1. The summed E-state index contributed by atoms with van der Waals surface area (Å²) in [6.07, 6.45) is 0.158. The number of hydrogen-bond acceptors (Lipinski definition) is 5. The van der Waals surface area contributed by atoms with E-state index in [1.807, 2.05) is 0 Å². The molecule has 0 aliphatic rings. The summed E-state index contributed by atoms with van der Waals surface area (Å²) in [5.41, 5.74) is 7.93. The van der Waals surface area contributed by atoms with Gasteiger partial charge in [0.2, 0.25) is 5.89 Å². The van der Waals surface area contributed by atoms with Gasteiger partial charge in [-0.1, -0.05) is 6.07 Å². The fourth-order valence-electron chi connectivity index (χ4n) is 2.11. The highest BCUT2D eigenvalue weighted by atomic mass is 19.1. The Kier molecular flexibility index (Phi) is 3.50. The van der Waals surface area contributed by atoms with Gasteiger partial charge in [0, 0.05) is 5.56 Å². The van der Waals surface area contributed by atoms with Crippen molar-refractivity contribution in [3.05, 3.63) is 47.8 Å². The molecule has 0 aliphatic heterocycles. The largest absolute Gasteiger partial charge is 0.469 e. The highest BCUT2D eigenvalue weighted by molar-refractivity contribution is 5.79. The maximum absolute atomic E-state index is 13.5. The summed E-state index contributed by atoms with van der Waals surface area (Å²) in [6.45, 7) is 0. The Balaban J connectivity index is 1.98. The summed E-state index contributed by atoms with van der Waals surface area (Å²) in [4.78, 5) is 15.6. The van der Waals surface area contributed by atoms with E-state index in [-0.39, 0.29) is 18.1 Å². The molecule has 0 saturated heterocycles. The first-order valence-corrected chi connectivity index (χ1v) is 6.58. The number of nitrogen functional groups attached to an aromatic ring is 1. The van der Waals surface area contributed by atoms with E-state index in [9.17, 15) is 9.18 Å². The summed E-state index contributed by atoms with van der Waals surface area (Å²) < 4.78 is 23.8. The number of hydrogen-bond donors (Lipinski definition) is 1. The predicted molar refractivity (Wildman–Crippen MR) is 79.5 cm³/mol. The van der Waals surface area contributed by atoms with Gasteiger partial charge in [-0.25, -0.2) is 9.37 Å². The predicted octanol–water partition coefficient (Wildman–Crippen LogP) is 2.93. The van der Waals surface area contributed by atoms with Crippen molar-refractivity contribution in [2.45, 2.75) is 6.42 Å². The second-order valence-corrected chi connectivity index (χ2v) is 4.81. The minimum absolute atomic E-state index is 0.0697. The average Bonchev–Trinajstić information content (AvgIpc) is 2.93. The first kappa shape index (κ1) is 14.1. The molecule has 0 aliphatic carbocycles. The quantitative estimate of drug-likeness (QED) is 0.594. The number of anilines is 1. The van der Waals surface area contributed by atoms with E-state index < -0.39 is 5.82 Å². The SMILES string of the molecule is COC(=O)Cc1ccc2oc(-c3ccc(N)c(F)c3)nc2c1. The molecule has 0 amide bonds. The lowest BCUT2D eigenvalue weighted by molar-refractivity contribution is -0.139. The Labute approximate surface area is 125 Å². The molecule has 5 nitrogen and oxygen atoms in total. The third-order valence-corrected chi connectivity index (χ3v) is 3.28. The average molecular weight is 300 g/mol. The second-order valence-electron chi connectivity index (χ2n) is 4.81. The number of ether oxygens (including phenoxy) is 1. The Hall–Kier alpha value is -2.89. The topological polar surface area (TPSA) is 78.3 Å². The molecule has 1 heterocycles. The van der Waals surface area contributed by atoms with E-state index in [1.54, 1.807) is 24.3 Å². The van der Waals surface area contributed by atoms with Crippen molar-refractivity contribution >= 4 is 22.8 Å². The molecule has 0 atom stereocenters. The highest BCUT2D eigenvalue weighted by Gasteiger charge is 2.12. The monoisotopic (exact) mass is 300 g/mol. The molecule has 1 aromatic heterocycles.